The molecule has 2 heterocycles. The van der Waals surface area contributed by atoms with Crippen LogP contribution in [0.4, 0.5) is 5.69 Å². The van der Waals surface area contributed by atoms with Crippen molar-refractivity contribution in [1.29, 1.82) is 0 Å². The highest BCUT2D eigenvalue weighted by Crippen LogP contribution is 2.28. The Labute approximate surface area is 153 Å². The minimum absolute atomic E-state index is 0.0794. The third-order valence-corrected chi connectivity index (χ3v) is 5.29. The topological polar surface area (TPSA) is 45.2 Å². The van der Waals surface area contributed by atoms with Crippen molar-refractivity contribution in [2.24, 2.45) is 0 Å². The zero-order valence-electron chi connectivity index (χ0n) is 15.0. The highest BCUT2D eigenvalue weighted by Gasteiger charge is 2.18. The second kappa shape index (κ2) is 7.26. The number of aromatic nitrogens is 1. The average molecular weight is 345 g/mol. The van der Waals surface area contributed by atoms with Crippen LogP contribution >= 0.6 is 0 Å². The van der Waals surface area contributed by atoms with E-state index in [4.69, 9.17) is 0 Å². The minimum atomic E-state index is -0.0794. The van der Waals surface area contributed by atoms with Gasteiger partial charge in [0.05, 0.1) is 0 Å². The quantitative estimate of drug-likeness (QED) is 0.770. The van der Waals surface area contributed by atoms with E-state index in [0.29, 0.717) is 11.5 Å². The zero-order chi connectivity index (χ0) is 17.9. The molecule has 4 nitrogen and oxygen atoms in total. The summed E-state index contributed by atoms with van der Waals surface area (Å²) in [6, 6.07) is 15.9. The van der Waals surface area contributed by atoms with E-state index in [1.807, 2.05) is 36.4 Å². The van der Waals surface area contributed by atoms with Gasteiger partial charge in [0.15, 0.2) is 0 Å². The van der Waals surface area contributed by atoms with Gasteiger partial charge >= 0.3 is 0 Å². The number of carbonyl (C=O) groups excluding carboxylic acids is 1. The van der Waals surface area contributed by atoms with Gasteiger partial charge in [-0.3, -0.25) is 9.78 Å². The number of hydrogen-bond donors (Lipinski definition) is 1. The molecule has 4 rings (SSSR count). The monoisotopic (exact) mass is 345 g/mol. The summed E-state index contributed by atoms with van der Waals surface area (Å²) in [6.07, 6.45) is 5.92. The van der Waals surface area contributed by atoms with Crippen molar-refractivity contribution in [3.63, 3.8) is 0 Å². The average Bonchev–Trinajstić information content (AvgIpc) is 2.69. The minimum Gasteiger partial charge on any atom is -0.321 e. The molecule has 0 radical (unpaired) electrons. The molecule has 132 valence electrons. The molecule has 4 heteroatoms. The summed E-state index contributed by atoms with van der Waals surface area (Å²) >= 11 is 0. The molecule has 26 heavy (non-hydrogen) atoms. The second-order valence-electron chi connectivity index (χ2n) is 7.06. The molecule has 1 saturated heterocycles. The normalized spacial score (nSPS) is 15.9. The van der Waals surface area contributed by atoms with Gasteiger partial charge in [-0.15, -0.1) is 0 Å². The number of hydrogen-bond acceptors (Lipinski definition) is 3. The van der Waals surface area contributed by atoms with Crippen LogP contribution in [0.25, 0.3) is 10.8 Å². The van der Waals surface area contributed by atoms with Crippen LogP contribution < -0.4 is 5.32 Å². The van der Waals surface area contributed by atoms with Crippen LogP contribution in [0.15, 0.2) is 60.9 Å². The number of anilines is 1. The number of benzene rings is 2. The lowest BCUT2D eigenvalue weighted by atomic mass is 9.89. The largest absolute Gasteiger partial charge is 0.321 e. The molecular weight excluding hydrogens is 322 g/mol. The Morgan fingerprint density at radius 3 is 2.62 bits per heavy atom. The van der Waals surface area contributed by atoms with Gasteiger partial charge in [0.1, 0.15) is 0 Å². The first-order valence-electron chi connectivity index (χ1n) is 9.13. The first-order chi connectivity index (χ1) is 12.7. The first-order valence-corrected chi connectivity index (χ1v) is 9.13. The molecule has 0 atom stereocenters. The van der Waals surface area contributed by atoms with Crippen LogP contribution in [0.1, 0.15) is 34.7 Å². The van der Waals surface area contributed by atoms with Crippen LogP contribution in [-0.2, 0) is 0 Å². The fourth-order valence-corrected chi connectivity index (χ4v) is 3.67. The molecule has 1 amide bonds. The maximum atomic E-state index is 12.7. The number of nitrogens with zero attached hydrogens (tertiary/aromatic N) is 2. The van der Waals surface area contributed by atoms with E-state index in [0.717, 1.165) is 29.5 Å². The second-order valence-corrected chi connectivity index (χ2v) is 7.06. The number of fused-ring (bicyclic) bond motifs is 1. The number of likely N-dealkylation sites (tertiary alicyclic amines) is 1. The Morgan fingerprint density at radius 1 is 1.08 bits per heavy atom. The van der Waals surface area contributed by atoms with Crippen molar-refractivity contribution in [2.45, 2.75) is 18.8 Å². The van der Waals surface area contributed by atoms with Gasteiger partial charge in [0.25, 0.3) is 5.91 Å². The third kappa shape index (κ3) is 3.46. The lowest BCUT2D eigenvalue weighted by molar-refractivity contribution is 0.102. The van der Waals surface area contributed by atoms with Crippen LogP contribution in [0, 0.1) is 0 Å². The Balaban J connectivity index is 1.50. The Hall–Kier alpha value is -2.72. The standard InChI is InChI=1S/C22H23N3O/c1-25-13-10-17(11-14-25)16-5-7-18(8-6-16)22(26)24-21-4-2-3-19-15-23-12-9-20(19)21/h2-9,12,15,17H,10-11,13-14H2,1H3,(H,24,26). The van der Waals surface area contributed by atoms with E-state index < -0.39 is 0 Å². The molecule has 1 aliphatic heterocycles. The van der Waals surface area contributed by atoms with Gasteiger partial charge in [-0.05, 0) is 68.7 Å². The van der Waals surface area contributed by atoms with E-state index in [2.05, 4.69) is 34.4 Å². The smallest absolute Gasteiger partial charge is 0.255 e. The Kier molecular flexibility index (Phi) is 4.67. The molecule has 1 aromatic heterocycles. The maximum Gasteiger partial charge on any atom is 0.255 e. The lowest BCUT2D eigenvalue weighted by Crippen LogP contribution is -2.29. The molecule has 1 N–H and O–H groups in total. The number of rotatable bonds is 3. The molecule has 0 spiro atoms. The van der Waals surface area contributed by atoms with Gasteiger partial charge in [0, 0.05) is 34.4 Å². The zero-order valence-corrected chi connectivity index (χ0v) is 15.0. The third-order valence-electron chi connectivity index (χ3n) is 5.29. The van der Waals surface area contributed by atoms with Crippen molar-refractivity contribution in [1.82, 2.24) is 9.88 Å². The van der Waals surface area contributed by atoms with E-state index in [9.17, 15) is 4.79 Å². The molecule has 0 saturated carbocycles. The highest BCUT2D eigenvalue weighted by atomic mass is 16.1. The summed E-state index contributed by atoms with van der Waals surface area (Å²) in [4.78, 5) is 19.2. The number of amides is 1. The van der Waals surface area contributed by atoms with Crippen LogP contribution in [-0.4, -0.2) is 35.9 Å². The number of piperidine rings is 1. The summed E-state index contributed by atoms with van der Waals surface area (Å²) < 4.78 is 0. The fourth-order valence-electron chi connectivity index (χ4n) is 3.67. The Morgan fingerprint density at radius 2 is 1.85 bits per heavy atom. The van der Waals surface area contributed by atoms with Crippen LogP contribution in [0.2, 0.25) is 0 Å². The van der Waals surface area contributed by atoms with E-state index in [-0.39, 0.29) is 5.91 Å². The van der Waals surface area contributed by atoms with Crippen molar-refractivity contribution >= 4 is 22.4 Å². The number of pyridine rings is 1. The Bertz CT molecular complexity index is 907. The molecular formula is C22H23N3O. The van der Waals surface area contributed by atoms with Gasteiger partial charge in [-0.25, -0.2) is 0 Å². The first kappa shape index (κ1) is 16.7. The molecule has 1 fully saturated rings. The van der Waals surface area contributed by atoms with Gasteiger partial charge < -0.3 is 10.2 Å². The SMILES string of the molecule is CN1CCC(c2ccc(C(=O)Nc3cccc4cnccc34)cc2)CC1. The predicted molar refractivity (Wildman–Crippen MR) is 106 cm³/mol. The van der Waals surface area contributed by atoms with Crippen molar-refractivity contribution in [3.8, 4) is 0 Å². The maximum absolute atomic E-state index is 12.7. The van der Waals surface area contributed by atoms with E-state index in [1.165, 1.54) is 18.4 Å². The fraction of sp³-hybridized carbons (Fsp3) is 0.273. The summed E-state index contributed by atoms with van der Waals surface area (Å²) in [5.41, 5.74) is 2.84. The van der Waals surface area contributed by atoms with Gasteiger partial charge in [0.2, 0.25) is 0 Å². The van der Waals surface area contributed by atoms with Gasteiger partial charge in [-0.2, -0.15) is 0 Å². The summed E-state index contributed by atoms with van der Waals surface area (Å²) in [7, 11) is 2.17. The van der Waals surface area contributed by atoms with Crippen LogP contribution in [0.5, 0.6) is 0 Å². The summed E-state index contributed by atoms with van der Waals surface area (Å²) in [6.45, 7) is 2.28. The molecule has 3 aromatic rings. The van der Waals surface area contributed by atoms with Crippen molar-refractivity contribution in [3.05, 3.63) is 72.1 Å². The summed E-state index contributed by atoms with van der Waals surface area (Å²) in [5, 5.41) is 5.05. The van der Waals surface area contributed by atoms with E-state index >= 15 is 0 Å². The van der Waals surface area contributed by atoms with Crippen LogP contribution in [0.3, 0.4) is 0 Å². The molecule has 0 aliphatic carbocycles. The lowest BCUT2D eigenvalue weighted by Gasteiger charge is -2.29. The van der Waals surface area contributed by atoms with Crippen molar-refractivity contribution in [2.75, 3.05) is 25.5 Å². The number of carbonyl (C=O) groups is 1. The van der Waals surface area contributed by atoms with Gasteiger partial charge in [-0.1, -0.05) is 24.3 Å². The molecule has 0 bridgehead atoms. The molecule has 0 unspecified atom stereocenters. The summed E-state index contributed by atoms with van der Waals surface area (Å²) in [5.74, 6) is 0.526. The van der Waals surface area contributed by atoms with Crippen molar-refractivity contribution < 1.29 is 4.79 Å². The molecule has 1 aliphatic rings. The van der Waals surface area contributed by atoms with E-state index in [1.54, 1.807) is 12.4 Å². The highest BCUT2D eigenvalue weighted by molar-refractivity contribution is 6.09. The molecule has 2 aromatic carbocycles. The number of nitrogens with one attached hydrogen (secondary N) is 1. The predicted octanol–water partition coefficient (Wildman–Crippen LogP) is 4.30.